The predicted octanol–water partition coefficient (Wildman–Crippen LogP) is 4.16. The van der Waals surface area contributed by atoms with Crippen molar-refractivity contribution in [2.75, 3.05) is 13.4 Å². The van der Waals surface area contributed by atoms with E-state index < -0.39 is 5.97 Å². The second-order valence-corrected chi connectivity index (χ2v) is 5.50. The standard InChI is InChI=1S/C16H12ClNO3S/c1-20-15-8-11(22-2)4-5-12(15)16(19)21-14-6-3-10(9-18)7-13(14)17/h3-8H,1-2H3. The van der Waals surface area contributed by atoms with Crippen LogP contribution in [0.5, 0.6) is 11.5 Å². The van der Waals surface area contributed by atoms with Crippen LogP contribution in [0.15, 0.2) is 41.3 Å². The molecular weight excluding hydrogens is 322 g/mol. The lowest BCUT2D eigenvalue weighted by Gasteiger charge is -2.10. The first-order valence-corrected chi connectivity index (χ1v) is 7.83. The van der Waals surface area contributed by atoms with Gasteiger partial charge in [0.25, 0.3) is 0 Å². The largest absolute Gasteiger partial charge is 0.496 e. The third-order valence-electron chi connectivity index (χ3n) is 2.89. The Bertz CT molecular complexity index is 756. The number of esters is 1. The lowest BCUT2D eigenvalue weighted by atomic mass is 10.2. The molecule has 0 fully saturated rings. The van der Waals surface area contributed by atoms with Gasteiger partial charge in [0.15, 0.2) is 0 Å². The molecule has 0 aliphatic heterocycles. The van der Waals surface area contributed by atoms with Gasteiger partial charge in [-0.1, -0.05) is 11.6 Å². The fourth-order valence-electron chi connectivity index (χ4n) is 1.78. The minimum Gasteiger partial charge on any atom is -0.496 e. The molecule has 0 saturated heterocycles. The summed E-state index contributed by atoms with van der Waals surface area (Å²) in [5, 5.41) is 9.00. The molecule has 0 aliphatic carbocycles. The van der Waals surface area contributed by atoms with Gasteiger partial charge in [-0.15, -0.1) is 11.8 Å². The number of halogens is 1. The molecule has 0 spiro atoms. The number of carbonyl (C=O) groups excluding carboxylic acids is 1. The van der Waals surface area contributed by atoms with Crippen LogP contribution in [0.25, 0.3) is 0 Å². The van der Waals surface area contributed by atoms with Gasteiger partial charge >= 0.3 is 5.97 Å². The number of rotatable bonds is 4. The molecule has 6 heteroatoms. The van der Waals surface area contributed by atoms with E-state index >= 15 is 0 Å². The fourth-order valence-corrected chi connectivity index (χ4v) is 2.42. The van der Waals surface area contributed by atoms with Gasteiger partial charge in [-0.3, -0.25) is 0 Å². The molecule has 0 saturated carbocycles. The van der Waals surface area contributed by atoms with Crippen LogP contribution in [0.1, 0.15) is 15.9 Å². The molecule has 2 aromatic rings. The molecule has 2 aromatic carbocycles. The second kappa shape index (κ2) is 7.21. The molecule has 0 heterocycles. The van der Waals surface area contributed by atoms with Gasteiger partial charge < -0.3 is 9.47 Å². The van der Waals surface area contributed by atoms with Crippen molar-refractivity contribution in [2.24, 2.45) is 0 Å². The molecule has 4 nitrogen and oxygen atoms in total. The molecule has 0 atom stereocenters. The van der Waals surface area contributed by atoms with Crippen LogP contribution in [-0.4, -0.2) is 19.3 Å². The Kier molecular flexibility index (Phi) is 5.31. The van der Waals surface area contributed by atoms with Crippen molar-refractivity contribution in [3.8, 4) is 17.6 Å². The number of ether oxygens (including phenoxy) is 2. The third-order valence-corrected chi connectivity index (χ3v) is 3.91. The monoisotopic (exact) mass is 333 g/mol. The Labute approximate surface area is 137 Å². The molecule has 0 amide bonds. The predicted molar refractivity (Wildman–Crippen MR) is 85.9 cm³/mol. The summed E-state index contributed by atoms with van der Waals surface area (Å²) in [5.74, 6) is 0.0550. The smallest absolute Gasteiger partial charge is 0.347 e. The number of benzene rings is 2. The van der Waals surface area contributed by atoms with Crippen LogP contribution < -0.4 is 9.47 Å². The minimum absolute atomic E-state index is 0.196. The summed E-state index contributed by atoms with van der Waals surface area (Å²) < 4.78 is 10.5. The van der Waals surface area contributed by atoms with Crippen molar-refractivity contribution in [2.45, 2.75) is 4.90 Å². The van der Waals surface area contributed by atoms with E-state index in [-0.39, 0.29) is 10.8 Å². The quantitative estimate of drug-likeness (QED) is 0.477. The van der Waals surface area contributed by atoms with E-state index in [4.69, 9.17) is 26.3 Å². The van der Waals surface area contributed by atoms with E-state index in [0.29, 0.717) is 16.9 Å². The zero-order valence-electron chi connectivity index (χ0n) is 11.9. The molecule has 112 valence electrons. The lowest BCUT2D eigenvalue weighted by molar-refractivity contribution is 0.0731. The summed E-state index contributed by atoms with van der Waals surface area (Å²) >= 11 is 7.54. The van der Waals surface area contributed by atoms with E-state index in [0.717, 1.165) is 4.90 Å². The summed E-state index contributed by atoms with van der Waals surface area (Å²) in [6.45, 7) is 0. The Balaban J connectivity index is 2.28. The number of carbonyl (C=O) groups is 1. The van der Waals surface area contributed by atoms with E-state index in [9.17, 15) is 4.79 Å². The molecule has 0 unspecified atom stereocenters. The first-order chi connectivity index (χ1) is 10.6. The van der Waals surface area contributed by atoms with Crippen molar-refractivity contribution in [1.82, 2.24) is 0 Å². The molecule has 0 bridgehead atoms. The molecule has 0 N–H and O–H groups in total. The van der Waals surface area contributed by atoms with Crippen LogP contribution in [0.4, 0.5) is 0 Å². The topological polar surface area (TPSA) is 59.3 Å². The highest BCUT2D eigenvalue weighted by atomic mass is 35.5. The number of hydrogen-bond donors (Lipinski definition) is 0. The van der Waals surface area contributed by atoms with Gasteiger partial charge in [0.05, 0.1) is 23.8 Å². The number of methoxy groups -OCH3 is 1. The van der Waals surface area contributed by atoms with Crippen LogP contribution in [0.2, 0.25) is 5.02 Å². The average Bonchev–Trinajstić information content (AvgIpc) is 2.55. The van der Waals surface area contributed by atoms with E-state index in [1.165, 1.54) is 25.3 Å². The van der Waals surface area contributed by atoms with Gasteiger partial charge in [-0.2, -0.15) is 5.26 Å². The zero-order chi connectivity index (χ0) is 16.1. The average molecular weight is 334 g/mol. The van der Waals surface area contributed by atoms with Crippen LogP contribution >= 0.6 is 23.4 Å². The van der Waals surface area contributed by atoms with Crippen molar-refractivity contribution in [1.29, 1.82) is 5.26 Å². The Morgan fingerprint density at radius 1 is 1.23 bits per heavy atom. The molecule has 2 rings (SSSR count). The number of thioether (sulfide) groups is 1. The van der Waals surface area contributed by atoms with Gasteiger partial charge in [-0.05, 0) is 42.7 Å². The Morgan fingerprint density at radius 2 is 2.00 bits per heavy atom. The van der Waals surface area contributed by atoms with Gasteiger partial charge in [0.2, 0.25) is 0 Å². The number of nitrogens with zero attached hydrogens (tertiary/aromatic N) is 1. The van der Waals surface area contributed by atoms with Crippen molar-refractivity contribution in [3.63, 3.8) is 0 Å². The first-order valence-electron chi connectivity index (χ1n) is 6.23. The summed E-state index contributed by atoms with van der Waals surface area (Å²) in [6.07, 6.45) is 1.93. The number of hydrogen-bond acceptors (Lipinski definition) is 5. The zero-order valence-corrected chi connectivity index (χ0v) is 13.5. The normalized spacial score (nSPS) is 9.91. The van der Waals surface area contributed by atoms with E-state index in [1.807, 2.05) is 18.4 Å². The Hall–Kier alpha value is -2.16. The van der Waals surface area contributed by atoms with E-state index in [1.54, 1.807) is 23.9 Å². The van der Waals surface area contributed by atoms with Gasteiger partial charge in [-0.25, -0.2) is 4.79 Å². The van der Waals surface area contributed by atoms with Crippen LogP contribution in [-0.2, 0) is 0 Å². The first kappa shape index (κ1) is 16.2. The molecule has 0 aliphatic rings. The van der Waals surface area contributed by atoms with Crippen LogP contribution in [0, 0.1) is 11.3 Å². The summed E-state index contributed by atoms with van der Waals surface area (Å²) in [5.41, 5.74) is 0.701. The van der Waals surface area contributed by atoms with Crippen molar-refractivity contribution in [3.05, 3.63) is 52.5 Å². The van der Waals surface area contributed by atoms with E-state index in [2.05, 4.69) is 0 Å². The highest BCUT2D eigenvalue weighted by Crippen LogP contribution is 2.29. The maximum Gasteiger partial charge on any atom is 0.347 e. The van der Waals surface area contributed by atoms with Gasteiger partial charge in [0, 0.05) is 4.90 Å². The maximum atomic E-state index is 12.3. The van der Waals surface area contributed by atoms with Gasteiger partial charge in [0.1, 0.15) is 17.1 Å². The third kappa shape index (κ3) is 3.53. The SMILES string of the molecule is COc1cc(SC)ccc1C(=O)Oc1ccc(C#N)cc1Cl. The summed E-state index contributed by atoms with van der Waals surface area (Å²) in [7, 11) is 1.49. The molecular formula is C16H12ClNO3S. The fraction of sp³-hybridized carbons (Fsp3) is 0.125. The maximum absolute atomic E-state index is 12.3. The molecule has 22 heavy (non-hydrogen) atoms. The van der Waals surface area contributed by atoms with Crippen molar-refractivity contribution >= 4 is 29.3 Å². The highest BCUT2D eigenvalue weighted by Gasteiger charge is 2.16. The second-order valence-electron chi connectivity index (χ2n) is 4.21. The summed E-state index contributed by atoms with van der Waals surface area (Å²) in [6, 6.07) is 11.6. The minimum atomic E-state index is -0.573. The summed E-state index contributed by atoms with van der Waals surface area (Å²) in [4.78, 5) is 13.2. The van der Waals surface area contributed by atoms with Crippen LogP contribution in [0.3, 0.4) is 0 Å². The molecule has 0 aromatic heterocycles. The number of nitriles is 1. The van der Waals surface area contributed by atoms with Crippen molar-refractivity contribution < 1.29 is 14.3 Å². The highest BCUT2D eigenvalue weighted by molar-refractivity contribution is 7.98. The Morgan fingerprint density at radius 3 is 2.59 bits per heavy atom. The molecule has 0 radical (unpaired) electrons. The lowest BCUT2D eigenvalue weighted by Crippen LogP contribution is -2.10.